The van der Waals surface area contributed by atoms with E-state index in [1.54, 1.807) is 6.20 Å². The summed E-state index contributed by atoms with van der Waals surface area (Å²) in [5.74, 6) is -0.408. The number of aliphatic carboxylic acids is 1. The minimum absolute atomic E-state index is 0.218. The van der Waals surface area contributed by atoms with Gasteiger partial charge in [-0.1, -0.05) is 6.07 Å². The molecule has 1 N–H and O–H groups in total. The van der Waals surface area contributed by atoms with E-state index < -0.39 is 5.97 Å². The number of carboxylic acid groups (broad SMARTS) is 1. The highest BCUT2D eigenvalue weighted by Crippen LogP contribution is 2.01. The second-order valence-corrected chi connectivity index (χ2v) is 3.47. The lowest BCUT2D eigenvalue weighted by atomic mass is 10.2. The van der Waals surface area contributed by atoms with Gasteiger partial charge in [-0.05, 0) is 29.0 Å². The van der Waals surface area contributed by atoms with Crippen LogP contribution in [0.4, 0.5) is 0 Å². The first-order valence-electron chi connectivity index (χ1n) is 5.12. The van der Waals surface area contributed by atoms with Crippen molar-refractivity contribution in [1.82, 2.24) is 25.2 Å². The lowest BCUT2D eigenvalue weighted by Gasteiger charge is -2.01. The van der Waals surface area contributed by atoms with Crippen LogP contribution in [0, 0.1) is 0 Å². The summed E-state index contributed by atoms with van der Waals surface area (Å²) < 4.78 is 1.28. The van der Waals surface area contributed by atoms with Crippen LogP contribution in [0.2, 0.25) is 0 Å². The van der Waals surface area contributed by atoms with Crippen LogP contribution in [-0.2, 0) is 24.2 Å². The first-order chi connectivity index (χ1) is 8.25. The van der Waals surface area contributed by atoms with Gasteiger partial charge < -0.3 is 5.11 Å². The van der Waals surface area contributed by atoms with E-state index in [4.69, 9.17) is 5.11 Å². The molecule has 0 unspecified atom stereocenters. The standard InChI is InChI=1S/C10H11N5O2/c16-10(17)7-15-9(12-13-14-15)5-4-8-3-1-2-6-11-8/h1-3,6H,4-5,7H2,(H,16,17). The molecule has 0 aliphatic carbocycles. The predicted molar refractivity (Wildman–Crippen MR) is 57.1 cm³/mol. The topological polar surface area (TPSA) is 93.8 Å². The Bertz CT molecular complexity index is 496. The molecule has 2 heterocycles. The van der Waals surface area contributed by atoms with Crippen LogP contribution in [-0.4, -0.2) is 36.3 Å². The smallest absolute Gasteiger partial charge is 0.325 e. The fourth-order valence-electron chi connectivity index (χ4n) is 1.44. The molecule has 17 heavy (non-hydrogen) atoms. The van der Waals surface area contributed by atoms with Crippen molar-refractivity contribution in [3.05, 3.63) is 35.9 Å². The summed E-state index contributed by atoms with van der Waals surface area (Å²) in [6.45, 7) is -0.218. The molecule has 2 aromatic heterocycles. The van der Waals surface area contributed by atoms with Crippen LogP contribution in [0.1, 0.15) is 11.5 Å². The van der Waals surface area contributed by atoms with Crippen LogP contribution in [0.15, 0.2) is 24.4 Å². The second kappa shape index (κ2) is 5.15. The molecule has 2 aromatic rings. The highest BCUT2D eigenvalue weighted by atomic mass is 16.4. The Kier molecular flexibility index (Phi) is 3.39. The van der Waals surface area contributed by atoms with Crippen molar-refractivity contribution in [3.63, 3.8) is 0 Å². The van der Waals surface area contributed by atoms with E-state index in [1.807, 2.05) is 18.2 Å². The summed E-state index contributed by atoms with van der Waals surface area (Å²) in [5.41, 5.74) is 0.928. The summed E-state index contributed by atoms with van der Waals surface area (Å²) in [6, 6.07) is 5.66. The van der Waals surface area contributed by atoms with Crippen LogP contribution >= 0.6 is 0 Å². The number of pyridine rings is 1. The van der Waals surface area contributed by atoms with Gasteiger partial charge in [0.05, 0.1) is 0 Å². The zero-order valence-electron chi connectivity index (χ0n) is 9.02. The maximum atomic E-state index is 10.6. The molecule has 0 radical (unpaired) electrons. The van der Waals surface area contributed by atoms with Crippen molar-refractivity contribution >= 4 is 5.97 Å². The molecule has 0 bridgehead atoms. The zero-order valence-corrected chi connectivity index (χ0v) is 9.02. The van der Waals surface area contributed by atoms with E-state index in [-0.39, 0.29) is 6.54 Å². The van der Waals surface area contributed by atoms with Crippen LogP contribution in [0.5, 0.6) is 0 Å². The summed E-state index contributed by atoms with van der Waals surface area (Å²) in [4.78, 5) is 14.7. The molecule has 88 valence electrons. The first-order valence-corrected chi connectivity index (χ1v) is 5.12. The van der Waals surface area contributed by atoms with Gasteiger partial charge in [0.2, 0.25) is 0 Å². The van der Waals surface area contributed by atoms with Gasteiger partial charge in [0, 0.05) is 18.3 Å². The van der Waals surface area contributed by atoms with Gasteiger partial charge in [-0.25, -0.2) is 4.68 Å². The molecule has 0 aromatic carbocycles. The van der Waals surface area contributed by atoms with Crippen molar-refractivity contribution in [2.45, 2.75) is 19.4 Å². The van der Waals surface area contributed by atoms with E-state index in [1.165, 1.54) is 4.68 Å². The average molecular weight is 233 g/mol. The number of carbonyl (C=O) groups is 1. The maximum Gasteiger partial charge on any atom is 0.325 e. The van der Waals surface area contributed by atoms with Gasteiger partial charge >= 0.3 is 5.97 Å². The zero-order chi connectivity index (χ0) is 12.1. The molecule has 0 amide bonds. The maximum absolute atomic E-state index is 10.6. The SMILES string of the molecule is O=C(O)Cn1nnnc1CCc1ccccn1. The molecule has 0 aliphatic rings. The number of carboxylic acids is 1. The Morgan fingerprint density at radius 3 is 2.94 bits per heavy atom. The number of aryl methyl sites for hydroxylation is 2. The third kappa shape index (κ3) is 3.07. The molecule has 7 nitrogen and oxygen atoms in total. The Labute approximate surface area is 97.1 Å². The Morgan fingerprint density at radius 2 is 2.24 bits per heavy atom. The molecule has 0 spiro atoms. The first kappa shape index (κ1) is 11.2. The number of hydrogen-bond donors (Lipinski definition) is 1. The number of rotatable bonds is 5. The predicted octanol–water partition coefficient (Wildman–Crippen LogP) is -0.0621. The van der Waals surface area contributed by atoms with Gasteiger partial charge in [0.25, 0.3) is 0 Å². The summed E-state index contributed by atoms with van der Waals surface area (Å²) in [7, 11) is 0. The van der Waals surface area contributed by atoms with E-state index >= 15 is 0 Å². The van der Waals surface area contributed by atoms with Crippen molar-refractivity contribution in [1.29, 1.82) is 0 Å². The fraction of sp³-hybridized carbons (Fsp3) is 0.300. The lowest BCUT2D eigenvalue weighted by molar-refractivity contribution is -0.138. The largest absolute Gasteiger partial charge is 0.480 e. The third-order valence-electron chi connectivity index (χ3n) is 2.22. The highest BCUT2D eigenvalue weighted by molar-refractivity contribution is 5.66. The minimum Gasteiger partial charge on any atom is -0.480 e. The summed E-state index contributed by atoms with van der Waals surface area (Å²) >= 11 is 0. The highest BCUT2D eigenvalue weighted by Gasteiger charge is 2.09. The summed E-state index contributed by atoms with van der Waals surface area (Å²) in [6.07, 6.45) is 2.97. The quantitative estimate of drug-likeness (QED) is 0.777. The molecular formula is C10H11N5O2. The number of aromatic nitrogens is 5. The molecule has 0 aliphatic heterocycles. The number of nitrogens with zero attached hydrogens (tertiary/aromatic N) is 5. The van der Waals surface area contributed by atoms with Gasteiger partial charge in [0.1, 0.15) is 6.54 Å². The van der Waals surface area contributed by atoms with Gasteiger partial charge in [-0.2, -0.15) is 0 Å². The van der Waals surface area contributed by atoms with Gasteiger partial charge in [0.15, 0.2) is 5.82 Å². The molecule has 0 atom stereocenters. The number of hydrogen-bond acceptors (Lipinski definition) is 5. The molecule has 7 heteroatoms. The number of tetrazole rings is 1. The summed E-state index contributed by atoms with van der Waals surface area (Å²) in [5, 5.41) is 19.6. The van der Waals surface area contributed by atoms with Crippen molar-refractivity contribution in [3.8, 4) is 0 Å². The van der Waals surface area contributed by atoms with Crippen LogP contribution in [0.25, 0.3) is 0 Å². The van der Waals surface area contributed by atoms with E-state index in [2.05, 4.69) is 20.5 Å². The van der Waals surface area contributed by atoms with Gasteiger partial charge in [-0.15, -0.1) is 5.10 Å². The third-order valence-corrected chi connectivity index (χ3v) is 2.22. The van der Waals surface area contributed by atoms with Crippen molar-refractivity contribution in [2.24, 2.45) is 0 Å². The van der Waals surface area contributed by atoms with Crippen LogP contribution in [0.3, 0.4) is 0 Å². The Balaban J connectivity index is 2.00. The molecule has 2 rings (SSSR count). The van der Waals surface area contributed by atoms with Crippen molar-refractivity contribution in [2.75, 3.05) is 0 Å². The van der Waals surface area contributed by atoms with Gasteiger partial charge in [-0.3, -0.25) is 9.78 Å². The van der Waals surface area contributed by atoms with E-state index in [0.29, 0.717) is 18.7 Å². The lowest BCUT2D eigenvalue weighted by Crippen LogP contribution is -2.14. The molecule has 0 fully saturated rings. The fourth-order valence-corrected chi connectivity index (χ4v) is 1.44. The van der Waals surface area contributed by atoms with Crippen LogP contribution < -0.4 is 0 Å². The second-order valence-electron chi connectivity index (χ2n) is 3.47. The van der Waals surface area contributed by atoms with E-state index in [9.17, 15) is 4.79 Å². The molecule has 0 saturated heterocycles. The molecule has 0 saturated carbocycles. The normalized spacial score (nSPS) is 10.4. The average Bonchev–Trinajstić information content (AvgIpc) is 2.74. The molecular weight excluding hydrogens is 222 g/mol. The minimum atomic E-state index is -0.962. The van der Waals surface area contributed by atoms with Crippen molar-refractivity contribution < 1.29 is 9.90 Å². The Hall–Kier alpha value is -2.31. The van der Waals surface area contributed by atoms with E-state index in [0.717, 1.165) is 5.69 Å². The Morgan fingerprint density at radius 1 is 1.35 bits per heavy atom. The monoisotopic (exact) mass is 233 g/mol.